The molecule has 2 aromatic rings. The predicted molar refractivity (Wildman–Crippen MR) is 89.2 cm³/mol. The quantitative estimate of drug-likeness (QED) is 0.823. The Morgan fingerprint density at radius 3 is 2.13 bits per heavy atom. The normalized spacial score (nSPS) is 11.0. The summed E-state index contributed by atoms with van der Waals surface area (Å²) in [5.41, 5.74) is 1.81. The molecule has 120 valence electrons. The first-order valence-corrected chi connectivity index (χ1v) is 8.83. The van der Waals surface area contributed by atoms with Crippen molar-refractivity contribution in [2.24, 2.45) is 0 Å². The Balaban J connectivity index is 1.97. The molecule has 0 aliphatic rings. The molecule has 1 N–H and O–H groups in total. The third-order valence-corrected chi connectivity index (χ3v) is 4.54. The van der Waals surface area contributed by atoms with Crippen LogP contribution >= 0.6 is 0 Å². The Bertz CT molecular complexity index is 796. The number of nitrogens with one attached hydrogen (secondary N) is 1. The number of Topliss-reactive ketones (excluding diaryl/α,β-unsaturated/α-hetero) is 1. The van der Waals surface area contributed by atoms with E-state index in [0.717, 1.165) is 5.56 Å². The smallest absolute Gasteiger partial charge is 0.239 e. The fourth-order valence-corrected chi connectivity index (χ4v) is 3.13. The molecule has 2 aromatic carbocycles. The molecule has 0 aliphatic carbocycles. The van der Waals surface area contributed by atoms with Crippen LogP contribution in [0.1, 0.15) is 15.9 Å². The summed E-state index contributed by atoms with van der Waals surface area (Å²) in [5, 5.41) is 2.49. The number of ketones is 1. The molecule has 0 fully saturated rings. The lowest BCUT2D eigenvalue weighted by atomic mass is 10.1. The van der Waals surface area contributed by atoms with Crippen LogP contribution < -0.4 is 5.32 Å². The van der Waals surface area contributed by atoms with Crippen molar-refractivity contribution in [1.29, 1.82) is 0 Å². The Hall–Kier alpha value is -2.47. The molecule has 0 aromatic heterocycles. The van der Waals surface area contributed by atoms with Crippen molar-refractivity contribution >= 4 is 27.2 Å². The van der Waals surface area contributed by atoms with Crippen LogP contribution in [0.5, 0.6) is 0 Å². The van der Waals surface area contributed by atoms with Gasteiger partial charge in [-0.1, -0.05) is 48.0 Å². The van der Waals surface area contributed by atoms with Gasteiger partial charge in [0.1, 0.15) is 11.5 Å². The fraction of sp³-hybridized carbons (Fsp3) is 0.176. The minimum absolute atomic E-state index is 0.322. The van der Waals surface area contributed by atoms with Gasteiger partial charge in [0.15, 0.2) is 15.6 Å². The van der Waals surface area contributed by atoms with E-state index in [2.05, 4.69) is 5.32 Å². The fourth-order valence-electron chi connectivity index (χ4n) is 1.99. The standard InChI is InChI=1S/C17H17NO4S/c1-13-7-9-14(10-8-13)16(19)11-23(21,22)12-17(20)18-15-5-3-2-4-6-15/h2-10H,11-12H2,1H3,(H,18,20). The van der Waals surface area contributed by atoms with Crippen LogP contribution in [0.3, 0.4) is 0 Å². The number of carbonyl (C=O) groups excluding carboxylic acids is 2. The van der Waals surface area contributed by atoms with Crippen molar-refractivity contribution in [2.45, 2.75) is 6.92 Å². The minimum Gasteiger partial charge on any atom is -0.325 e. The number of aryl methyl sites for hydroxylation is 1. The summed E-state index contributed by atoms with van der Waals surface area (Å²) in [7, 11) is -3.82. The average molecular weight is 331 g/mol. The number of anilines is 1. The Morgan fingerprint density at radius 2 is 1.52 bits per heavy atom. The molecule has 0 saturated carbocycles. The van der Waals surface area contributed by atoms with E-state index >= 15 is 0 Å². The summed E-state index contributed by atoms with van der Waals surface area (Å²) in [6.07, 6.45) is 0. The second-order valence-electron chi connectivity index (χ2n) is 5.24. The number of carbonyl (C=O) groups is 2. The van der Waals surface area contributed by atoms with Crippen molar-refractivity contribution in [3.05, 3.63) is 65.7 Å². The molecule has 0 radical (unpaired) electrons. The van der Waals surface area contributed by atoms with Gasteiger partial charge in [0.25, 0.3) is 0 Å². The number of rotatable bonds is 6. The number of sulfone groups is 1. The van der Waals surface area contributed by atoms with Gasteiger partial charge in [-0.05, 0) is 19.1 Å². The van der Waals surface area contributed by atoms with Crippen LogP contribution in [-0.2, 0) is 14.6 Å². The molecule has 5 nitrogen and oxygen atoms in total. The predicted octanol–water partition coefficient (Wildman–Crippen LogP) is 2.23. The summed E-state index contributed by atoms with van der Waals surface area (Å²) in [5.74, 6) is -2.58. The van der Waals surface area contributed by atoms with Crippen molar-refractivity contribution in [2.75, 3.05) is 16.8 Å². The minimum atomic E-state index is -3.82. The zero-order valence-corrected chi connectivity index (χ0v) is 13.5. The van der Waals surface area contributed by atoms with E-state index in [-0.39, 0.29) is 0 Å². The molecule has 0 saturated heterocycles. The zero-order chi connectivity index (χ0) is 16.9. The van der Waals surface area contributed by atoms with Crippen molar-refractivity contribution in [1.82, 2.24) is 0 Å². The highest BCUT2D eigenvalue weighted by molar-refractivity contribution is 7.92. The number of hydrogen-bond acceptors (Lipinski definition) is 4. The molecule has 6 heteroatoms. The second-order valence-corrected chi connectivity index (χ2v) is 7.30. The molecule has 0 heterocycles. The molecular weight excluding hydrogens is 314 g/mol. The molecular formula is C17H17NO4S. The van der Waals surface area contributed by atoms with Gasteiger partial charge in [0.2, 0.25) is 5.91 Å². The molecule has 2 rings (SSSR count). The van der Waals surface area contributed by atoms with E-state index in [1.807, 2.05) is 6.92 Å². The summed E-state index contributed by atoms with van der Waals surface area (Å²) >= 11 is 0. The van der Waals surface area contributed by atoms with E-state index in [1.54, 1.807) is 54.6 Å². The van der Waals surface area contributed by atoms with Crippen LogP contribution in [-0.4, -0.2) is 31.6 Å². The first kappa shape index (κ1) is 16.9. The number of benzene rings is 2. The van der Waals surface area contributed by atoms with E-state index in [0.29, 0.717) is 11.3 Å². The number of hydrogen-bond donors (Lipinski definition) is 1. The highest BCUT2D eigenvalue weighted by atomic mass is 32.2. The molecule has 1 amide bonds. The SMILES string of the molecule is Cc1ccc(C(=O)CS(=O)(=O)CC(=O)Nc2ccccc2)cc1. The highest BCUT2D eigenvalue weighted by Crippen LogP contribution is 2.08. The van der Waals surface area contributed by atoms with Gasteiger partial charge in [-0.15, -0.1) is 0 Å². The lowest BCUT2D eigenvalue weighted by Gasteiger charge is -2.06. The number of para-hydroxylation sites is 1. The Morgan fingerprint density at radius 1 is 0.913 bits per heavy atom. The Kier molecular flexibility index (Phi) is 5.28. The van der Waals surface area contributed by atoms with Gasteiger partial charge in [-0.2, -0.15) is 0 Å². The lowest BCUT2D eigenvalue weighted by Crippen LogP contribution is -2.27. The molecule has 0 aliphatic heterocycles. The Labute approximate surface area is 135 Å². The van der Waals surface area contributed by atoms with Crippen LogP contribution in [0.2, 0.25) is 0 Å². The first-order valence-electron chi connectivity index (χ1n) is 7.01. The molecule has 0 bridgehead atoms. The summed E-state index contributed by atoms with van der Waals surface area (Å²) < 4.78 is 24.0. The first-order chi connectivity index (χ1) is 10.9. The lowest BCUT2D eigenvalue weighted by molar-refractivity contribution is -0.113. The number of amides is 1. The van der Waals surface area contributed by atoms with E-state index < -0.39 is 33.0 Å². The maximum absolute atomic E-state index is 12.0. The van der Waals surface area contributed by atoms with E-state index in [1.165, 1.54) is 0 Å². The largest absolute Gasteiger partial charge is 0.325 e. The molecule has 0 atom stereocenters. The highest BCUT2D eigenvalue weighted by Gasteiger charge is 2.21. The van der Waals surface area contributed by atoms with Crippen LogP contribution in [0.15, 0.2) is 54.6 Å². The maximum atomic E-state index is 12.0. The van der Waals surface area contributed by atoms with E-state index in [9.17, 15) is 18.0 Å². The third-order valence-electron chi connectivity index (χ3n) is 3.13. The van der Waals surface area contributed by atoms with E-state index in [4.69, 9.17) is 0 Å². The molecule has 23 heavy (non-hydrogen) atoms. The van der Waals surface area contributed by atoms with Crippen LogP contribution in [0.4, 0.5) is 5.69 Å². The van der Waals surface area contributed by atoms with Gasteiger partial charge in [0.05, 0.1) is 0 Å². The van der Waals surface area contributed by atoms with Crippen molar-refractivity contribution in [3.8, 4) is 0 Å². The van der Waals surface area contributed by atoms with Crippen LogP contribution in [0, 0.1) is 6.92 Å². The topological polar surface area (TPSA) is 80.3 Å². The van der Waals surface area contributed by atoms with Gasteiger partial charge in [-0.25, -0.2) is 8.42 Å². The summed E-state index contributed by atoms with van der Waals surface area (Å²) in [4.78, 5) is 23.8. The average Bonchev–Trinajstić information content (AvgIpc) is 2.47. The second kappa shape index (κ2) is 7.19. The van der Waals surface area contributed by atoms with Crippen LogP contribution in [0.25, 0.3) is 0 Å². The zero-order valence-electron chi connectivity index (χ0n) is 12.7. The van der Waals surface area contributed by atoms with Gasteiger partial charge >= 0.3 is 0 Å². The third kappa shape index (κ3) is 5.34. The molecule has 0 spiro atoms. The summed E-state index contributed by atoms with van der Waals surface area (Å²) in [6, 6.07) is 15.2. The van der Waals surface area contributed by atoms with Gasteiger partial charge < -0.3 is 5.32 Å². The monoisotopic (exact) mass is 331 g/mol. The maximum Gasteiger partial charge on any atom is 0.239 e. The van der Waals surface area contributed by atoms with Gasteiger partial charge in [0, 0.05) is 11.3 Å². The van der Waals surface area contributed by atoms with Gasteiger partial charge in [-0.3, -0.25) is 9.59 Å². The molecule has 0 unspecified atom stereocenters. The van der Waals surface area contributed by atoms with Crippen molar-refractivity contribution in [3.63, 3.8) is 0 Å². The van der Waals surface area contributed by atoms with Crippen molar-refractivity contribution < 1.29 is 18.0 Å². The summed E-state index contributed by atoms with van der Waals surface area (Å²) in [6.45, 7) is 1.87.